The van der Waals surface area contributed by atoms with Gasteiger partial charge in [0.2, 0.25) is 0 Å². The molecule has 6 heteroatoms. The standard InChI is InChI=1S/C28H25NO5/c1-15-6-9-20(10-7-15)25(30)23(27(31)34-26-18(4)12-17(3)13-19(26)5)24-28(32)33-22-11-8-16(2)14-21(22)29-24/h6-14,30H,1-5H3/b25-23+. The van der Waals surface area contributed by atoms with Crippen molar-refractivity contribution in [3.63, 3.8) is 0 Å². The number of aliphatic hydroxyl groups is 1. The average molecular weight is 456 g/mol. The van der Waals surface area contributed by atoms with Gasteiger partial charge in [-0.2, -0.15) is 0 Å². The lowest BCUT2D eigenvalue weighted by molar-refractivity contribution is -0.128. The summed E-state index contributed by atoms with van der Waals surface area (Å²) in [5.41, 5.74) is 3.92. The summed E-state index contributed by atoms with van der Waals surface area (Å²) in [5.74, 6) is -0.954. The van der Waals surface area contributed by atoms with E-state index in [1.807, 2.05) is 46.8 Å². The first-order chi connectivity index (χ1) is 16.1. The molecule has 4 rings (SSSR count). The first-order valence-corrected chi connectivity index (χ1v) is 10.9. The summed E-state index contributed by atoms with van der Waals surface area (Å²) in [4.78, 5) is 30.8. The molecule has 1 aromatic heterocycles. The van der Waals surface area contributed by atoms with E-state index in [2.05, 4.69) is 4.98 Å². The van der Waals surface area contributed by atoms with Crippen molar-refractivity contribution in [3.05, 3.63) is 104 Å². The highest BCUT2D eigenvalue weighted by Gasteiger charge is 2.27. The van der Waals surface area contributed by atoms with Crippen LogP contribution in [-0.2, 0) is 4.79 Å². The summed E-state index contributed by atoms with van der Waals surface area (Å²) >= 11 is 0. The molecule has 0 radical (unpaired) electrons. The van der Waals surface area contributed by atoms with Crippen molar-refractivity contribution in [2.24, 2.45) is 0 Å². The van der Waals surface area contributed by atoms with Gasteiger partial charge < -0.3 is 14.3 Å². The minimum Gasteiger partial charge on any atom is -0.506 e. The molecular weight excluding hydrogens is 430 g/mol. The summed E-state index contributed by atoms with van der Waals surface area (Å²) in [6, 6.07) is 15.9. The largest absolute Gasteiger partial charge is 0.506 e. The molecule has 34 heavy (non-hydrogen) atoms. The Bertz CT molecular complexity index is 1490. The zero-order valence-corrected chi connectivity index (χ0v) is 19.7. The van der Waals surface area contributed by atoms with E-state index in [0.717, 1.165) is 27.8 Å². The summed E-state index contributed by atoms with van der Waals surface area (Å²) in [6.45, 7) is 9.40. The summed E-state index contributed by atoms with van der Waals surface area (Å²) in [7, 11) is 0. The number of esters is 1. The molecule has 0 aliphatic carbocycles. The number of rotatable bonds is 4. The third-order valence-corrected chi connectivity index (χ3v) is 5.54. The Morgan fingerprint density at radius 3 is 2.12 bits per heavy atom. The number of hydrogen-bond donors (Lipinski definition) is 1. The highest BCUT2D eigenvalue weighted by atomic mass is 16.5. The van der Waals surface area contributed by atoms with E-state index in [1.54, 1.807) is 42.5 Å². The van der Waals surface area contributed by atoms with Crippen LogP contribution in [0.4, 0.5) is 0 Å². The first-order valence-electron chi connectivity index (χ1n) is 10.9. The number of carbonyl (C=O) groups excluding carboxylic acids is 1. The molecule has 0 atom stereocenters. The second-order valence-electron chi connectivity index (χ2n) is 8.53. The molecule has 0 amide bonds. The van der Waals surface area contributed by atoms with Crippen LogP contribution in [0.5, 0.6) is 5.75 Å². The normalized spacial score (nSPS) is 11.9. The van der Waals surface area contributed by atoms with Crippen molar-refractivity contribution in [1.29, 1.82) is 0 Å². The van der Waals surface area contributed by atoms with Crippen LogP contribution in [0.15, 0.2) is 63.8 Å². The van der Waals surface area contributed by atoms with Crippen molar-refractivity contribution in [1.82, 2.24) is 4.98 Å². The van der Waals surface area contributed by atoms with Crippen molar-refractivity contribution in [3.8, 4) is 5.75 Å². The van der Waals surface area contributed by atoms with Crippen molar-refractivity contribution < 1.29 is 19.1 Å². The molecule has 1 N–H and O–H groups in total. The quantitative estimate of drug-likeness (QED) is 0.182. The highest BCUT2D eigenvalue weighted by molar-refractivity contribution is 6.23. The summed E-state index contributed by atoms with van der Waals surface area (Å²) in [5, 5.41) is 11.2. The Morgan fingerprint density at radius 1 is 0.853 bits per heavy atom. The number of nitrogens with zero attached hydrogens (tertiary/aromatic N) is 1. The maximum atomic E-state index is 13.5. The van der Waals surface area contributed by atoms with Gasteiger partial charge in [-0.3, -0.25) is 0 Å². The number of fused-ring (bicyclic) bond motifs is 1. The van der Waals surface area contributed by atoms with Crippen molar-refractivity contribution in [2.75, 3.05) is 0 Å². The second kappa shape index (κ2) is 8.98. The number of benzene rings is 3. The average Bonchev–Trinajstić information content (AvgIpc) is 2.77. The van der Waals surface area contributed by atoms with Crippen LogP contribution in [0.1, 0.15) is 39.1 Å². The summed E-state index contributed by atoms with van der Waals surface area (Å²) in [6.07, 6.45) is 0. The lowest BCUT2D eigenvalue weighted by atomic mass is 10.0. The Labute approximate surface area is 197 Å². The van der Waals surface area contributed by atoms with Gasteiger partial charge in [0.05, 0.1) is 0 Å². The van der Waals surface area contributed by atoms with Crippen LogP contribution in [-0.4, -0.2) is 16.1 Å². The number of hydrogen-bond acceptors (Lipinski definition) is 6. The fourth-order valence-electron chi connectivity index (χ4n) is 3.91. The number of carbonyl (C=O) groups is 1. The smallest absolute Gasteiger partial charge is 0.363 e. The van der Waals surface area contributed by atoms with Gasteiger partial charge in [-0.15, -0.1) is 0 Å². The Hall–Kier alpha value is -4.19. The van der Waals surface area contributed by atoms with Gasteiger partial charge in [-0.25, -0.2) is 14.6 Å². The van der Waals surface area contributed by atoms with E-state index in [0.29, 0.717) is 16.8 Å². The molecule has 0 fully saturated rings. The highest BCUT2D eigenvalue weighted by Crippen LogP contribution is 2.29. The molecule has 4 aromatic rings. The molecule has 0 spiro atoms. The van der Waals surface area contributed by atoms with Gasteiger partial charge >= 0.3 is 11.6 Å². The van der Waals surface area contributed by atoms with E-state index in [4.69, 9.17) is 9.15 Å². The first kappa shape index (κ1) is 23.0. The van der Waals surface area contributed by atoms with Crippen LogP contribution >= 0.6 is 0 Å². The van der Waals surface area contributed by atoms with Crippen LogP contribution in [0.2, 0.25) is 0 Å². The van der Waals surface area contributed by atoms with Gasteiger partial charge in [-0.05, 0) is 63.4 Å². The van der Waals surface area contributed by atoms with Crippen LogP contribution < -0.4 is 10.4 Å². The lowest BCUT2D eigenvalue weighted by Gasteiger charge is -2.14. The van der Waals surface area contributed by atoms with Gasteiger partial charge in [-0.1, -0.05) is 53.6 Å². The molecule has 3 aromatic carbocycles. The summed E-state index contributed by atoms with van der Waals surface area (Å²) < 4.78 is 11.2. The molecule has 0 aliphatic heterocycles. The van der Waals surface area contributed by atoms with Gasteiger partial charge in [0.15, 0.2) is 11.3 Å². The molecule has 1 heterocycles. The van der Waals surface area contributed by atoms with Crippen molar-refractivity contribution >= 4 is 28.4 Å². The Kier molecular flexibility index (Phi) is 6.07. The minimum absolute atomic E-state index is 0.284. The van der Waals surface area contributed by atoms with Crippen LogP contribution in [0.25, 0.3) is 22.4 Å². The van der Waals surface area contributed by atoms with Crippen LogP contribution in [0.3, 0.4) is 0 Å². The maximum absolute atomic E-state index is 13.5. The van der Waals surface area contributed by atoms with Crippen molar-refractivity contribution in [2.45, 2.75) is 34.6 Å². The predicted molar refractivity (Wildman–Crippen MR) is 132 cm³/mol. The fraction of sp³-hybridized carbons (Fsp3) is 0.179. The second-order valence-corrected chi connectivity index (χ2v) is 8.53. The van der Waals surface area contributed by atoms with E-state index >= 15 is 0 Å². The van der Waals surface area contributed by atoms with Gasteiger partial charge in [0.1, 0.15) is 22.6 Å². The number of aryl methyl sites for hydroxylation is 5. The predicted octanol–water partition coefficient (Wildman–Crippen LogP) is 5.76. The maximum Gasteiger partial charge on any atom is 0.363 e. The zero-order valence-electron chi connectivity index (χ0n) is 19.7. The molecule has 0 saturated heterocycles. The zero-order chi connectivity index (χ0) is 24.6. The van der Waals surface area contributed by atoms with Crippen LogP contribution in [0, 0.1) is 34.6 Å². The van der Waals surface area contributed by atoms with Gasteiger partial charge in [0, 0.05) is 5.56 Å². The molecule has 0 saturated carbocycles. The number of ether oxygens (including phenoxy) is 1. The van der Waals surface area contributed by atoms with E-state index in [9.17, 15) is 14.7 Å². The lowest BCUT2D eigenvalue weighted by Crippen LogP contribution is -2.20. The van der Waals surface area contributed by atoms with E-state index < -0.39 is 17.4 Å². The molecule has 6 nitrogen and oxygen atoms in total. The topological polar surface area (TPSA) is 89.6 Å². The molecular formula is C28H25NO5. The van der Waals surface area contributed by atoms with E-state index in [-0.39, 0.29) is 16.9 Å². The van der Waals surface area contributed by atoms with Gasteiger partial charge in [0.25, 0.3) is 0 Å². The third-order valence-electron chi connectivity index (χ3n) is 5.54. The Balaban J connectivity index is 1.93. The monoisotopic (exact) mass is 455 g/mol. The molecule has 0 aliphatic rings. The number of aromatic nitrogens is 1. The third kappa shape index (κ3) is 4.48. The Morgan fingerprint density at radius 2 is 1.47 bits per heavy atom. The van der Waals surface area contributed by atoms with E-state index in [1.165, 1.54) is 0 Å². The number of aliphatic hydroxyl groups excluding tert-OH is 1. The molecule has 0 bridgehead atoms. The molecule has 0 unspecified atom stereocenters. The SMILES string of the molecule is Cc1ccc(/C(O)=C(\C(=O)Oc2c(C)cc(C)cc2C)c2nc3cc(C)ccc3oc2=O)cc1. The minimum atomic E-state index is -0.903. The fourth-order valence-corrected chi connectivity index (χ4v) is 3.91. The molecule has 172 valence electrons.